The number of aryl methyl sites for hydroxylation is 1. The molecule has 166 valence electrons. The summed E-state index contributed by atoms with van der Waals surface area (Å²) in [6.45, 7) is 13.7. The van der Waals surface area contributed by atoms with Gasteiger partial charge in [0, 0.05) is 36.9 Å². The fraction of sp³-hybridized carbons (Fsp3) is 0.565. The van der Waals surface area contributed by atoms with Gasteiger partial charge in [0.25, 0.3) is 5.91 Å². The van der Waals surface area contributed by atoms with E-state index in [9.17, 15) is 4.79 Å². The topological polar surface area (TPSA) is 88.6 Å². The Morgan fingerprint density at radius 1 is 1.26 bits per heavy atom. The van der Waals surface area contributed by atoms with E-state index in [-0.39, 0.29) is 23.3 Å². The number of anilines is 1. The van der Waals surface area contributed by atoms with Crippen LogP contribution in [0.25, 0.3) is 5.65 Å². The number of likely N-dealkylation sites (tertiary alicyclic amines) is 1. The molecule has 1 amide bonds. The minimum absolute atomic E-state index is 0.0214. The molecule has 0 bridgehead atoms. The first-order chi connectivity index (χ1) is 14.7. The van der Waals surface area contributed by atoms with Gasteiger partial charge in [0.05, 0.1) is 17.6 Å². The molecule has 3 aromatic heterocycles. The van der Waals surface area contributed by atoms with E-state index in [4.69, 9.17) is 9.51 Å². The van der Waals surface area contributed by atoms with Crippen molar-refractivity contribution in [1.29, 1.82) is 0 Å². The molecule has 0 unspecified atom stereocenters. The highest BCUT2D eigenvalue weighted by molar-refractivity contribution is 5.96. The Balaban J connectivity index is 1.56. The molecule has 0 aliphatic carbocycles. The molecular weight excluding hydrogens is 392 g/mol. The third-order valence-electron chi connectivity index (χ3n) is 5.77. The van der Waals surface area contributed by atoms with Gasteiger partial charge in [-0.15, -0.1) is 0 Å². The van der Waals surface area contributed by atoms with Crippen LogP contribution in [-0.4, -0.2) is 49.0 Å². The number of imidazole rings is 1. The lowest BCUT2D eigenvalue weighted by Gasteiger charge is -2.32. The van der Waals surface area contributed by atoms with Crippen molar-refractivity contribution in [2.45, 2.75) is 71.8 Å². The third kappa shape index (κ3) is 4.16. The molecule has 0 aromatic carbocycles. The number of piperidine rings is 1. The van der Waals surface area contributed by atoms with E-state index in [2.05, 4.69) is 40.6 Å². The van der Waals surface area contributed by atoms with Crippen molar-refractivity contribution in [1.82, 2.24) is 24.4 Å². The van der Waals surface area contributed by atoms with Gasteiger partial charge in [0.1, 0.15) is 17.1 Å². The van der Waals surface area contributed by atoms with Crippen molar-refractivity contribution in [2.24, 2.45) is 0 Å². The van der Waals surface area contributed by atoms with E-state index in [1.165, 1.54) is 0 Å². The predicted molar refractivity (Wildman–Crippen MR) is 120 cm³/mol. The molecule has 0 saturated carbocycles. The van der Waals surface area contributed by atoms with Crippen molar-refractivity contribution in [3.63, 3.8) is 0 Å². The molecule has 4 heterocycles. The van der Waals surface area contributed by atoms with Crippen LogP contribution in [0.1, 0.15) is 86.8 Å². The van der Waals surface area contributed by atoms with E-state index in [1.54, 1.807) is 12.4 Å². The molecule has 0 atom stereocenters. The summed E-state index contributed by atoms with van der Waals surface area (Å²) >= 11 is 0. The Morgan fingerprint density at radius 2 is 1.97 bits per heavy atom. The summed E-state index contributed by atoms with van der Waals surface area (Å²) in [7, 11) is 0. The van der Waals surface area contributed by atoms with Gasteiger partial charge >= 0.3 is 0 Å². The summed E-state index contributed by atoms with van der Waals surface area (Å²) < 4.78 is 7.40. The number of aromatic nitrogens is 4. The average molecular weight is 425 g/mol. The molecule has 4 rings (SSSR count). The van der Waals surface area contributed by atoms with Gasteiger partial charge in [-0.1, -0.05) is 19.0 Å². The molecule has 0 radical (unpaired) electrons. The Hall–Kier alpha value is -2.90. The summed E-state index contributed by atoms with van der Waals surface area (Å²) in [5.74, 6) is 2.06. The van der Waals surface area contributed by atoms with Gasteiger partial charge in [0.2, 0.25) is 0 Å². The Morgan fingerprint density at radius 3 is 2.61 bits per heavy atom. The molecular formula is C23H32N6O2. The van der Waals surface area contributed by atoms with E-state index in [0.717, 1.165) is 35.7 Å². The molecule has 0 spiro atoms. The van der Waals surface area contributed by atoms with E-state index in [0.29, 0.717) is 24.4 Å². The lowest BCUT2D eigenvalue weighted by molar-refractivity contribution is 0.0709. The fourth-order valence-electron chi connectivity index (χ4n) is 4.25. The number of nitrogens with zero attached hydrogens (tertiary/aromatic N) is 5. The Labute approximate surface area is 183 Å². The lowest BCUT2D eigenvalue weighted by atomic mass is 9.92. The van der Waals surface area contributed by atoms with Crippen molar-refractivity contribution in [2.75, 3.05) is 18.4 Å². The number of hydrogen-bond donors (Lipinski definition) is 1. The monoisotopic (exact) mass is 424 g/mol. The largest absolute Gasteiger partial charge is 0.365 e. The fourth-order valence-corrected chi connectivity index (χ4v) is 4.25. The molecule has 8 heteroatoms. The zero-order chi connectivity index (χ0) is 22.3. The second kappa shape index (κ2) is 7.98. The van der Waals surface area contributed by atoms with Crippen LogP contribution in [-0.2, 0) is 0 Å². The molecule has 3 aromatic rings. The van der Waals surface area contributed by atoms with E-state index < -0.39 is 0 Å². The molecule has 1 N–H and O–H groups in total. The summed E-state index contributed by atoms with van der Waals surface area (Å²) in [6, 6.07) is 0. The maximum atomic E-state index is 13.2. The second-order valence-electron chi connectivity index (χ2n) is 9.75. The SMILES string of the molecule is Cc1onc(C(C)C)c1C(=O)N1CCC(c2nc3cnccn3c2NC(C)(C)C)CC1. The minimum atomic E-state index is -0.0935. The maximum Gasteiger partial charge on any atom is 0.259 e. The molecule has 31 heavy (non-hydrogen) atoms. The first kappa shape index (κ1) is 21.3. The Bertz CT molecular complexity index is 1080. The van der Waals surface area contributed by atoms with Crippen LogP contribution in [0.2, 0.25) is 0 Å². The molecule has 8 nitrogen and oxygen atoms in total. The summed E-state index contributed by atoms with van der Waals surface area (Å²) in [6.07, 6.45) is 7.24. The maximum absolute atomic E-state index is 13.2. The van der Waals surface area contributed by atoms with Crippen LogP contribution in [0, 0.1) is 6.92 Å². The smallest absolute Gasteiger partial charge is 0.259 e. The third-order valence-corrected chi connectivity index (χ3v) is 5.77. The zero-order valence-electron chi connectivity index (χ0n) is 19.3. The highest BCUT2D eigenvalue weighted by atomic mass is 16.5. The van der Waals surface area contributed by atoms with E-state index >= 15 is 0 Å². The van der Waals surface area contributed by atoms with Gasteiger partial charge in [-0.05, 0) is 46.5 Å². The van der Waals surface area contributed by atoms with Gasteiger partial charge in [-0.2, -0.15) is 0 Å². The van der Waals surface area contributed by atoms with E-state index in [1.807, 2.05) is 31.9 Å². The highest BCUT2D eigenvalue weighted by Crippen LogP contribution is 2.35. The van der Waals surface area contributed by atoms with Crippen molar-refractivity contribution >= 4 is 17.4 Å². The van der Waals surface area contributed by atoms with Crippen LogP contribution in [0.4, 0.5) is 5.82 Å². The summed E-state index contributed by atoms with van der Waals surface area (Å²) in [5.41, 5.74) is 3.17. The first-order valence-electron chi connectivity index (χ1n) is 11.0. The predicted octanol–water partition coefficient (Wildman–Crippen LogP) is 4.38. The van der Waals surface area contributed by atoms with Crippen molar-refractivity contribution < 1.29 is 9.32 Å². The van der Waals surface area contributed by atoms with Gasteiger partial charge < -0.3 is 14.7 Å². The number of carbonyl (C=O) groups is 1. The summed E-state index contributed by atoms with van der Waals surface area (Å²) in [5, 5.41) is 7.74. The van der Waals surface area contributed by atoms with Gasteiger partial charge in [-0.3, -0.25) is 14.2 Å². The normalized spacial score (nSPS) is 15.8. The minimum Gasteiger partial charge on any atom is -0.365 e. The summed E-state index contributed by atoms with van der Waals surface area (Å²) in [4.78, 5) is 24.3. The number of carbonyl (C=O) groups excluding carboxylic acids is 1. The highest BCUT2D eigenvalue weighted by Gasteiger charge is 2.32. The number of fused-ring (bicyclic) bond motifs is 1. The standard InChI is InChI=1S/C23H32N6O2/c1-14(2)19-18(15(3)31-27-19)22(30)28-10-7-16(8-11-28)20-21(26-23(4,5)6)29-12-9-24-13-17(29)25-20/h9,12-14,16,26H,7-8,10-11H2,1-6H3. The number of hydrogen-bond acceptors (Lipinski definition) is 6. The van der Waals surface area contributed by atoms with Gasteiger partial charge in [0.15, 0.2) is 5.65 Å². The van der Waals surface area contributed by atoms with Crippen molar-refractivity contribution in [3.05, 3.63) is 41.3 Å². The first-order valence-corrected chi connectivity index (χ1v) is 11.0. The van der Waals surface area contributed by atoms with Crippen LogP contribution < -0.4 is 5.32 Å². The molecule has 1 fully saturated rings. The molecule has 1 aliphatic heterocycles. The van der Waals surface area contributed by atoms with Gasteiger partial charge in [-0.25, -0.2) is 4.98 Å². The molecule has 1 aliphatic rings. The van der Waals surface area contributed by atoms with Crippen LogP contribution >= 0.6 is 0 Å². The zero-order valence-corrected chi connectivity index (χ0v) is 19.3. The number of nitrogens with one attached hydrogen (secondary N) is 1. The average Bonchev–Trinajstić information content (AvgIpc) is 3.27. The van der Waals surface area contributed by atoms with Crippen LogP contribution in [0.15, 0.2) is 23.1 Å². The number of amides is 1. The quantitative estimate of drug-likeness (QED) is 0.669. The van der Waals surface area contributed by atoms with Crippen LogP contribution in [0.5, 0.6) is 0 Å². The lowest BCUT2D eigenvalue weighted by Crippen LogP contribution is -2.39. The number of rotatable bonds is 4. The van der Waals surface area contributed by atoms with Crippen LogP contribution in [0.3, 0.4) is 0 Å². The second-order valence-corrected chi connectivity index (χ2v) is 9.75. The molecule has 1 saturated heterocycles. The Kier molecular flexibility index (Phi) is 5.49. The van der Waals surface area contributed by atoms with Crippen molar-refractivity contribution in [3.8, 4) is 0 Å².